The molecule has 1 saturated heterocycles. The van der Waals surface area contributed by atoms with Crippen LogP contribution in [0.4, 0.5) is 0 Å². The van der Waals surface area contributed by atoms with Gasteiger partial charge in [0.25, 0.3) is 0 Å². The van der Waals surface area contributed by atoms with Crippen LogP contribution in [0.1, 0.15) is 26.2 Å². The van der Waals surface area contributed by atoms with Gasteiger partial charge in [0.2, 0.25) is 0 Å². The van der Waals surface area contributed by atoms with Gasteiger partial charge in [0.1, 0.15) is 0 Å². The molecule has 1 aliphatic rings. The normalized spacial score (nSPS) is 24.6. The fourth-order valence-corrected chi connectivity index (χ4v) is 1.82. The number of hydrogen-bond acceptors (Lipinski definition) is 3. The van der Waals surface area contributed by atoms with Crippen LogP contribution >= 0.6 is 0 Å². The van der Waals surface area contributed by atoms with Gasteiger partial charge in [-0.25, -0.2) is 0 Å². The second-order valence-electron chi connectivity index (χ2n) is 3.61. The minimum Gasteiger partial charge on any atom is -0.380 e. The molecule has 2 atom stereocenters. The van der Waals surface area contributed by atoms with Crippen LogP contribution in [-0.4, -0.2) is 37.2 Å². The standard InChI is InChI=1S/C10H18N2O/c1-3-9(4-6-11)12(2)10-5-7-13-8-10/h9-10H,3-5,7-8H2,1-2H3. The van der Waals surface area contributed by atoms with Crippen LogP contribution in [0.3, 0.4) is 0 Å². The molecular weight excluding hydrogens is 164 g/mol. The number of nitrogens with zero attached hydrogens (tertiary/aromatic N) is 2. The van der Waals surface area contributed by atoms with Crippen LogP contribution in [0, 0.1) is 11.3 Å². The Bertz CT molecular complexity index is 182. The Morgan fingerprint density at radius 1 is 1.69 bits per heavy atom. The lowest BCUT2D eigenvalue weighted by Crippen LogP contribution is -2.40. The molecule has 0 saturated carbocycles. The molecule has 0 amide bonds. The smallest absolute Gasteiger partial charge is 0.0638 e. The van der Waals surface area contributed by atoms with Gasteiger partial charge in [0.05, 0.1) is 19.1 Å². The second-order valence-corrected chi connectivity index (χ2v) is 3.61. The first kappa shape index (κ1) is 10.5. The average Bonchev–Trinajstić information content (AvgIpc) is 2.65. The number of ether oxygens (including phenoxy) is 1. The molecule has 1 fully saturated rings. The minimum absolute atomic E-state index is 0.400. The van der Waals surface area contributed by atoms with Gasteiger partial charge in [-0.3, -0.25) is 4.90 Å². The van der Waals surface area contributed by atoms with Crippen molar-refractivity contribution in [3.63, 3.8) is 0 Å². The topological polar surface area (TPSA) is 36.3 Å². The Morgan fingerprint density at radius 3 is 2.92 bits per heavy atom. The molecule has 74 valence electrons. The molecule has 13 heavy (non-hydrogen) atoms. The van der Waals surface area contributed by atoms with Crippen LogP contribution in [0.2, 0.25) is 0 Å². The predicted octanol–water partition coefficient (Wildman–Crippen LogP) is 1.40. The molecule has 1 heterocycles. The van der Waals surface area contributed by atoms with Gasteiger partial charge in [-0.2, -0.15) is 5.26 Å². The van der Waals surface area contributed by atoms with E-state index in [-0.39, 0.29) is 0 Å². The van der Waals surface area contributed by atoms with Gasteiger partial charge >= 0.3 is 0 Å². The maximum atomic E-state index is 8.65. The zero-order valence-corrected chi connectivity index (χ0v) is 8.49. The van der Waals surface area contributed by atoms with Crippen LogP contribution in [-0.2, 0) is 4.74 Å². The first-order valence-electron chi connectivity index (χ1n) is 4.96. The lowest BCUT2D eigenvalue weighted by atomic mass is 10.1. The first-order valence-corrected chi connectivity index (χ1v) is 4.96. The van der Waals surface area contributed by atoms with Crippen LogP contribution in [0.15, 0.2) is 0 Å². The zero-order valence-electron chi connectivity index (χ0n) is 8.49. The summed E-state index contributed by atoms with van der Waals surface area (Å²) in [5.74, 6) is 0. The number of rotatable bonds is 4. The largest absolute Gasteiger partial charge is 0.380 e. The lowest BCUT2D eigenvalue weighted by molar-refractivity contribution is 0.131. The lowest BCUT2D eigenvalue weighted by Gasteiger charge is -2.29. The molecule has 3 nitrogen and oxygen atoms in total. The summed E-state index contributed by atoms with van der Waals surface area (Å²) in [4.78, 5) is 2.30. The van der Waals surface area contributed by atoms with Crippen molar-refractivity contribution in [1.29, 1.82) is 5.26 Å². The zero-order chi connectivity index (χ0) is 9.68. The summed E-state index contributed by atoms with van der Waals surface area (Å²) >= 11 is 0. The molecule has 0 spiro atoms. The van der Waals surface area contributed by atoms with E-state index in [4.69, 9.17) is 10.00 Å². The van der Waals surface area contributed by atoms with Crippen molar-refractivity contribution in [3.05, 3.63) is 0 Å². The van der Waals surface area contributed by atoms with Crippen LogP contribution in [0.5, 0.6) is 0 Å². The van der Waals surface area contributed by atoms with E-state index in [9.17, 15) is 0 Å². The summed E-state index contributed by atoms with van der Waals surface area (Å²) in [6.45, 7) is 3.84. The highest BCUT2D eigenvalue weighted by Crippen LogP contribution is 2.16. The average molecular weight is 182 g/mol. The number of nitriles is 1. The Labute approximate surface area is 80.3 Å². The maximum absolute atomic E-state index is 8.65. The summed E-state index contributed by atoms with van der Waals surface area (Å²) in [5.41, 5.74) is 0. The fourth-order valence-electron chi connectivity index (χ4n) is 1.82. The van der Waals surface area contributed by atoms with Crippen molar-refractivity contribution >= 4 is 0 Å². The number of hydrogen-bond donors (Lipinski definition) is 0. The Morgan fingerprint density at radius 2 is 2.46 bits per heavy atom. The first-order chi connectivity index (χ1) is 6.29. The third kappa shape index (κ3) is 2.68. The molecule has 1 aliphatic heterocycles. The summed E-state index contributed by atoms with van der Waals surface area (Å²) in [6, 6.07) is 3.17. The van der Waals surface area contributed by atoms with E-state index in [1.54, 1.807) is 0 Å². The molecule has 0 aromatic carbocycles. The van der Waals surface area contributed by atoms with Crippen LogP contribution in [0.25, 0.3) is 0 Å². The summed E-state index contributed by atoms with van der Waals surface area (Å²) in [5, 5.41) is 8.65. The SMILES string of the molecule is CCC(CC#N)N(C)C1CCOC1. The minimum atomic E-state index is 0.400. The summed E-state index contributed by atoms with van der Waals surface area (Å²) in [6.07, 6.45) is 2.78. The molecule has 0 N–H and O–H groups in total. The van der Waals surface area contributed by atoms with Crippen molar-refractivity contribution < 1.29 is 4.74 Å². The van der Waals surface area contributed by atoms with Crippen molar-refractivity contribution in [1.82, 2.24) is 4.90 Å². The van der Waals surface area contributed by atoms with E-state index in [0.29, 0.717) is 18.5 Å². The predicted molar refractivity (Wildman–Crippen MR) is 51.3 cm³/mol. The van der Waals surface area contributed by atoms with Gasteiger partial charge in [-0.15, -0.1) is 0 Å². The van der Waals surface area contributed by atoms with E-state index in [0.717, 1.165) is 26.1 Å². The Balaban J connectivity index is 2.42. The second kappa shape index (κ2) is 5.21. The molecule has 0 bridgehead atoms. The Hall–Kier alpha value is -0.590. The van der Waals surface area contributed by atoms with E-state index in [1.807, 2.05) is 0 Å². The molecule has 0 radical (unpaired) electrons. The monoisotopic (exact) mass is 182 g/mol. The molecule has 0 aliphatic carbocycles. The van der Waals surface area contributed by atoms with Gasteiger partial charge in [0, 0.05) is 18.7 Å². The molecule has 0 aromatic heterocycles. The number of likely N-dealkylation sites (N-methyl/N-ethyl adjacent to an activating group) is 1. The Kier molecular flexibility index (Phi) is 4.20. The third-order valence-electron chi connectivity index (χ3n) is 2.86. The summed E-state index contributed by atoms with van der Waals surface area (Å²) in [7, 11) is 2.10. The molecule has 3 heteroatoms. The van der Waals surface area contributed by atoms with Crippen molar-refractivity contribution in [3.8, 4) is 6.07 Å². The molecular formula is C10H18N2O. The van der Waals surface area contributed by atoms with E-state index in [1.165, 1.54) is 0 Å². The highest BCUT2D eigenvalue weighted by molar-refractivity contribution is 4.85. The van der Waals surface area contributed by atoms with E-state index < -0.39 is 0 Å². The van der Waals surface area contributed by atoms with Gasteiger partial charge in [-0.05, 0) is 19.9 Å². The van der Waals surface area contributed by atoms with E-state index >= 15 is 0 Å². The quantitative estimate of drug-likeness (QED) is 0.659. The van der Waals surface area contributed by atoms with Gasteiger partial charge in [0.15, 0.2) is 0 Å². The highest BCUT2D eigenvalue weighted by Gasteiger charge is 2.24. The highest BCUT2D eigenvalue weighted by atomic mass is 16.5. The van der Waals surface area contributed by atoms with Crippen LogP contribution < -0.4 is 0 Å². The van der Waals surface area contributed by atoms with E-state index in [2.05, 4.69) is 24.9 Å². The summed E-state index contributed by atoms with van der Waals surface area (Å²) < 4.78 is 5.33. The third-order valence-corrected chi connectivity index (χ3v) is 2.86. The van der Waals surface area contributed by atoms with Crippen molar-refractivity contribution in [2.75, 3.05) is 20.3 Å². The molecule has 0 aromatic rings. The van der Waals surface area contributed by atoms with Crippen molar-refractivity contribution in [2.24, 2.45) is 0 Å². The molecule has 2 unspecified atom stereocenters. The molecule has 1 rings (SSSR count). The maximum Gasteiger partial charge on any atom is 0.0638 e. The van der Waals surface area contributed by atoms with Crippen molar-refractivity contribution in [2.45, 2.75) is 38.3 Å². The van der Waals surface area contributed by atoms with Gasteiger partial charge < -0.3 is 4.74 Å². The van der Waals surface area contributed by atoms with Gasteiger partial charge in [-0.1, -0.05) is 6.92 Å². The fraction of sp³-hybridized carbons (Fsp3) is 0.900.